The molecular formula is C16H14N2O4S2. The number of carbonyl (C=O) groups excluding carboxylic acids is 2. The van der Waals surface area contributed by atoms with Crippen molar-refractivity contribution in [2.24, 2.45) is 0 Å². The van der Waals surface area contributed by atoms with Crippen LogP contribution in [0.3, 0.4) is 0 Å². The number of nitrogens with zero attached hydrogens (tertiary/aromatic N) is 1. The molecule has 3 aromatic rings. The molecule has 24 heavy (non-hydrogen) atoms. The molecule has 0 aliphatic rings. The molecule has 0 aliphatic heterocycles. The van der Waals surface area contributed by atoms with Gasteiger partial charge in [0.1, 0.15) is 10.8 Å². The zero-order valence-electron chi connectivity index (χ0n) is 12.6. The van der Waals surface area contributed by atoms with Crippen LogP contribution in [0.5, 0.6) is 0 Å². The third-order valence-electron chi connectivity index (χ3n) is 3.05. The Balaban J connectivity index is 1.41. The Morgan fingerprint density at radius 1 is 1.29 bits per heavy atom. The van der Waals surface area contributed by atoms with Crippen molar-refractivity contribution >= 4 is 34.6 Å². The number of thiophene rings is 1. The highest BCUT2D eigenvalue weighted by atomic mass is 32.1. The van der Waals surface area contributed by atoms with Crippen LogP contribution in [-0.2, 0) is 27.3 Å². The van der Waals surface area contributed by atoms with Gasteiger partial charge in [-0.15, -0.1) is 11.3 Å². The molecule has 1 N–H and O–H groups in total. The van der Waals surface area contributed by atoms with Gasteiger partial charge in [0, 0.05) is 16.3 Å². The molecule has 124 valence electrons. The van der Waals surface area contributed by atoms with E-state index in [9.17, 15) is 9.59 Å². The number of rotatable bonds is 7. The predicted octanol–water partition coefficient (Wildman–Crippen LogP) is 2.87. The van der Waals surface area contributed by atoms with Crippen molar-refractivity contribution < 1.29 is 18.7 Å². The lowest BCUT2D eigenvalue weighted by Gasteiger charge is -2.04. The lowest BCUT2D eigenvalue weighted by atomic mass is 10.3. The molecular weight excluding hydrogens is 348 g/mol. The molecule has 6 nitrogen and oxygen atoms in total. The van der Waals surface area contributed by atoms with Crippen LogP contribution < -0.4 is 5.32 Å². The van der Waals surface area contributed by atoms with E-state index in [4.69, 9.17) is 9.15 Å². The highest BCUT2D eigenvalue weighted by Gasteiger charge is 2.12. The van der Waals surface area contributed by atoms with Crippen molar-refractivity contribution in [2.75, 3.05) is 6.61 Å². The Morgan fingerprint density at radius 3 is 2.96 bits per heavy atom. The van der Waals surface area contributed by atoms with Crippen molar-refractivity contribution in [1.29, 1.82) is 0 Å². The first kappa shape index (κ1) is 16.4. The molecule has 8 heteroatoms. The fourth-order valence-electron chi connectivity index (χ4n) is 1.90. The van der Waals surface area contributed by atoms with Crippen molar-refractivity contribution in [1.82, 2.24) is 10.3 Å². The topological polar surface area (TPSA) is 81.4 Å². The van der Waals surface area contributed by atoms with Gasteiger partial charge in [0.15, 0.2) is 6.61 Å². The molecule has 3 rings (SSSR count). The van der Waals surface area contributed by atoms with Gasteiger partial charge in [-0.3, -0.25) is 9.59 Å². The van der Waals surface area contributed by atoms with E-state index in [1.807, 2.05) is 22.2 Å². The lowest BCUT2D eigenvalue weighted by molar-refractivity contribution is -0.148. The van der Waals surface area contributed by atoms with Gasteiger partial charge in [-0.05, 0) is 23.6 Å². The van der Waals surface area contributed by atoms with Crippen molar-refractivity contribution in [3.8, 4) is 10.6 Å². The zero-order chi connectivity index (χ0) is 16.8. The third kappa shape index (κ3) is 4.53. The summed E-state index contributed by atoms with van der Waals surface area (Å²) in [5.74, 6) is -0.222. The van der Waals surface area contributed by atoms with Gasteiger partial charge in [0.05, 0.1) is 24.9 Å². The van der Waals surface area contributed by atoms with Crippen LogP contribution in [0.25, 0.3) is 10.6 Å². The lowest BCUT2D eigenvalue weighted by Crippen LogP contribution is -2.28. The average molecular weight is 362 g/mol. The summed E-state index contributed by atoms with van der Waals surface area (Å²) in [7, 11) is 0. The molecule has 0 aromatic carbocycles. The smallest absolute Gasteiger partial charge is 0.312 e. The van der Waals surface area contributed by atoms with Gasteiger partial charge >= 0.3 is 5.97 Å². The number of esters is 1. The monoisotopic (exact) mass is 362 g/mol. The molecule has 3 heterocycles. The van der Waals surface area contributed by atoms with Crippen LogP contribution in [0.15, 0.2) is 45.0 Å². The number of aromatic nitrogens is 1. The third-order valence-corrected chi connectivity index (χ3v) is 4.67. The van der Waals surface area contributed by atoms with E-state index >= 15 is 0 Å². The van der Waals surface area contributed by atoms with E-state index in [0.717, 1.165) is 10.6 Å². The molecule has 0 fully saturated rings. The van der Waals surface area contributed by atoms with Gasteiger partial charge in [0.2, 0.25) is 0 Å². The van der Waals surface area contributed by atoms with E-state index in [1.54, 1.807) is 23.5 Å². The Labute approximate surface area is 146 Å². The second-order valence-corrected chi connectivity index (χ2v) is 6.49. The standard InChI is InChI=1S/C16H14N2O4S2/c19-14(17-7-13-2-1-4-21-13)8-22-15(20)6-12-10-24-16(18-12)11-3-5-23-9-11/h1-5,9-10H,6-8H2,(H,17,19). The number of hydrogen-bond donors (Lipinski definition) is 1. The van der Waals surface area contributed by atoms with E-state index in [2.05, 4.69) is 10.3 Å². The minimum Gasteiger partial charge on any atom is -0.467 e. The quantitative estimate of drug-likeness (QED) is 0.654. The second kappa shape index (κ2) is 7.89. The van der Waals surface area contributed by atoms with Crippen LogP contribution in [0.4, 0.5) is 0 Å². The average Bonchev–Trinajstić information content (AvgIpc) is 3.31. The van der Waals surface area contributed by atoms with Gasteiger partial charge in [0.25, 0.3) is 5.91 Å². The van der Waals surface area contributed by atoms with E-state index in [-0.39, 0.29) is 25.5 Å². The van der Waals surface area contributed by atoms with Gasteiger partial charge in [-0.25, -0.2) is 4.98 Å². The Hall–Kier alpha value is -2.45. The summed E-state index contributed by atoms with van der Waals surface area (Å²) >= 11 is 3.07. The molecule has 0 saturated heterocycles. The molecule has 3 aromatic heterocycles. The van der Waals surface area contributed by atoms with Gasteiger partial charge in [-0.1, -0.05) is 0 Å². The molecule has 0 aliphatic carbocycles. The van der Waals surface area contributed by atoms with Crippen LogP contribution in [0.2, 0.25) is 0 Å². The number of nitrogens with one attached hydrogen (secondary N) is 1. The van der Waals surface area contributed by atoms with E-state index in [0.29, 0.717) is 11.5 Å². The summed E-state index contributed by atoms with van der Waals surface area (Å²) < 4.78 is 10.1. The first-order valence-electron chi connectivity index (χ1n) is 7.12. The summed E-state index contributed by atoms with van der Waals surface area (Å²) in [4.78, 5) is 27.8. The summed E-state index contributed by atoms with van der Waals surface area (Å²) in [5.41, 5.74) is 1.68. The number of furan rings is 1. The second-order valence-electron chi connectivity index (χ2n) is 4.85. The summed E-state index contributed by atoms with van der Waals surface area (Å²) in [6.45, 7) is -0.0550. The molecule has 0 bridgehead atoms. The van der Waals surface area contributed by atoms with Crippen molar-refractivity contribution in [3.63, 3.8) is 0 Å². The Bertz CT molecular complexity index is 794. The predicted molar refractivity (Wildman–Crippen MR) is 90.6 cm³/mol. The number of carbonyl (C=O) groups is 2. The van der Waals surface area contributed by atoms with Crippen LogP contribution >= 0.6 is 22.7 Å². The molecule has 1 amide bonds. The summed E-state index contributed by atoms with van der Waals surface area (Å²) in [6.07, 6.45) is 1.58. The maximum atomic E-state index is 11.8. The zero-order valence-corrected chi connectivity index (χ0v) is 14.2. The van der Waals surface area contributed by atoms with Crippen molar-refractivity contribution in [3.05, 3.63) is 52.1 Å². The number of ether oxygens (including phenoxy) is 1. The van der Waals surface area contributed by atoms with Crippen LogP contribution in [-0.4, -0.2) is 23.5 Å². The number of amides is 1. The normalized spacial score (nSPS) is 10.5. The Morgan fingerprint density at radius 2 is 2.21 bits per heavy atom. The van der Waals surface area contributed by atoms with E-state index in [1.165, 1.54) is 17.6 Å². The van der Waals surface area contributed by atoms with Gasteiger partial charge in [-0.2, -0.15) is 11.3 Å². The fourth-order valence-corrected chi connectivity index (χ4v) is 3.43. The highest BCUT2D eigenvalue weighted by Crippen LogP contribution is 2.25. The molecule has 0 radical (unpaired) electrons. The van der Waals surface area contributed by atoms with Crippen LogP contribution in [0.1, 0.15) is 11.5 Å². The first-order chi connectivity index (χ1) is 11.7. The van der Waals surface area contributed by atoms with Gasteiger partial charge < -0.3 is 14.5 Å². The molecule has 0 saturated carbocycles. The highest BCUT2D eigenvalue weighted by molar-refractivity contribution is 7.14. The number of hydrogen-bond acceptors (Lipinski definition) is 7. The first-order valence-corrected chi connectivity index (χ1v) is 8.94. The minimum absolute atomic E-state index is 0.0477. The molecule has 0 atom stereocenters. The molecule has 0 spiro atoms. The Kier molecular flexibility index (Phi) is 5.39. The summed E-state index contributed by atoms with van der Waals surface area (Å²) in [6, 6.07) is 5.47. The van der Waals surface area contributed by atoms with E-state index < -0.39 is 5.97 Å². The molecule has 0 unspecified atom stereocenters. The largest absolute Gasteiger partial charge is 0.467 e. The maximum absolute atomic E-state index is 11.8. The SMILES string of the molecule is O=C(COC(=O)Cc1csc(-c2ccsc2)n1)NCc1ccco1. The van der Waals surface area contributed by atoms with Crippen LogP contribution in [0, 0.1) is 0 Å². The maximum Gasteiger partial charge on any atom is 0.312 e. The minimum atomic E-state index is -0.481. The summed E-state index contributed by atoms with van der Waals surface area (Å²) in [5, 5.41) is 9.28. The number of thiazole rings is 1. The fraction of sp³-hybridized carbons (Fsp3) is 0.188. The van der Waals surface area contributed by atoms with Crippen molar-refractivity contribution in [2.45, 2.75) is 13.0 Å².